The number of nitrogens with one attached hydrogen (secondary N) is 2. The number of amidine groups is 1. The zero-order chi connectivity index (χ0) is 20.1. The van der Waals surface area contributed by atoms with Crippen LogP contribution < -0.4 is 15.8 Å². The molecule has 0 saturated heterocycles. The smallest absolute Gasteiger partial charge is 0.330 e. The average molecular weight is 432 g/mol. The Kier molecular flexibility index (Phi) is 7.64. The van der Waals surface area contributed by atoms with Crippen molar-refractivity contribution < 1.29 is 14.6 Å². The maximum absolute atomic E-state index is 12.0. The second-order valence-corrected chi connectivity index (χ2v) is 7.06. The number of halogens is 1. The molecule has 29 heavy (non-hydrogen) atoms. The Morgan fingerprint density at radius 2 is 1.97 bits per heavy atom. The fourth-order valence-corrected chi connectivity index (χ4v) is 3.54. The van der Waals surface area contributed by atoms with Crippen LogP contribution in [-0.2, 0) is 4.79 Å². The third-order valence-corrected chi connectivity index (χ3v) is 5.05. The first-order valence-corrected chi connectivity index (χ1v) is 9.61. The predicted molar refractivity (Wildman–Crippen MR) is 120 cm³/mol. The average Bonchev–Trinajstić information content (AvgIpc) is 3.21. The quantitative estimate of drug-likeness (QED) is 0.304. The van der Waals surface area contributed by atoms with E-state index in [-0.39, 0.29) is 18.2 Å². The summed E-state index contributed by atoms with van der Waals surface area (Å²) in [6.07, 6.45) is 0. The van der Waals surface area contributed by atoms with Crippen LogP contribution in [0.1, 0.15) is 24.1 Å². The molecule has 152 valence electrons. The van der Waals surface area contributed by atoms with Crippen molar-refractivity contribution in [2.24, 2.45) is 5.73 Å². The zero-order valence-corrected chi connectivity index (χ0v) is 17.3. The van der Waals surface area contributed by atoms with Crippen molar-refractivity contribution in [1.29, 1.82) is 5.41 Å². The van der Waals surface area contributed by atoms with E-state index in [1.165, 1.54) is 0 Å². The molecule has 0 amide bonds. The van der Waals surface area contributed by atoms with E-state index in [4.69, 9.17) is 15.9 Å². The Hall–Kier alpha value is -3.03. The van der Waals surface area contributed by atoms with Gasteiger partial charge in [-0.3, -0.25) is 5.41 Å². The minimum absolute atomic E-state index is 0. The van der Waals surface area contributed by atoms with Crippen molar-refractivity contribution in [3.8, 4) is 16.2 Å². The number of anilines is 1. The molecular weight excluding hydrogens is 410 g/mol. The number of benzene rings is 2. The maximum Gasteiger partial charge on any atom is 0.330 e. The molecule has 1 aromatic heterocycles. The number of carbonyl (C=O) groups is 1. The molecule has 0 fully saturated rings. The normalized spacial score (nSPS) is 11.2. The van der Waals surface area contributed by atoms with E-state index in [1.807, 2.05) is 36.6 Å². The number of aliphatic carboxylic acids is 1. The molecule has 1 heterocycles. The van der Waals surface area contributed by atoms with Crippen LogP contribution >= 0.6 is 23.7 Å². The summed E-state index contributed by atoms with van der Waals surface area (Å²) in [6, 6.07) is 15.3. The highest BCUT2D eigenvalue weighted by Gasteiger charge is 2.22. The van der Waals surface area contributed by atoms with E-state index in [0.717, 1.165) is 10.4 Å². The minimum Gasteiger partial charge on any atom is -0.494 e. The Balaban J connectivity index is 0.00000300. The van der Waals surface area contributed by atoms with Crippen molar-refractivity contribution >= 4 is 41.2 Å². The summed E-state index contributed by atoms with van der Waals surface area (Å²) in [5.41, 5.74) is 8.18. The molecule has 1 atom stereocenters. The van der Waals surface area contributed by atoms with Gasteiger partial charge in [-0.15, -0.1) is 23.7 Å². The molecule has 0 aliphatic rings. The Bertz CT molecular complexity index is 975. The van der Waals surface area contributed by atoms with Gasteiger partial charge in [0.1, 0.15) is 11.6 Å². The van der Waals surface area contributed by atoms with Gasteiger partial charge in [-0.1, -0.05) is 6.07 Å². The molecule has 0 aliphatic heterocycles. The number of rotatable bonds is 8. The summed E-state index contributed by atoms with van der Waals surface area (Å²) in [5.74, 6) is -0.406. The molecule has 0 spiro atoms. The van der Waals surface area contributed by atoms with E-state index in [9.17, 15) is 9.90 Å². The van der Waals surface area contributed by atoms with Gasteiger partial charge < -0.3 is 20.9 Å². The highest BCUT2D eigenvalue weighted by atomic mass is 35.5. The van der Waals surface area contributed by atoms with Gasteiger partial charge in [0.15, 0.2) is 6.04 Å². The number of nitrogens with two attached hydrogens (primary N) is 1. The molecular formula is C21H22ClN3O3S. The predicted octanol–water partition coefficient (Wildman–Crippen LogP) is 4.76. The van der Waals surface area contributed by atoms with Crippen LogP contribution in [0.2, 0.25) is 0 Å². The molecule has 8 heteroatoms. The first-order chi connectivity index (χ1) is 13.5. The lowest BCUT2D eigenvalue weighted by Crippen LogP contribution is -2.21. The Morgan fingerprint density at radius 3 is 2.52 bits per heavy atom. The van der Waals surface area contributed by atoms with Gasteiger partial charge in [-0.25, -0.2) is 4.79 Å². The van der Waals surface area contributed by atoms with E-state index in [2.05, 4.69) is 5.32 Å². The fraction of sp³-hybridized carbons (Fsp3) is 0.143. The van der Waals surface area contributed by atoms with Gasteiger partial charge >= 0.3 is 5.97 Å². The molecule has 1 unspecified atom stereocenters. The first-order valence-electron chi connectivity index (χ1n) is 8.73. The lowest BCUT2D eigenvalue weighted by Gasteiger charge is -2.18. The number of thiophene rings is 1. The molecule has 5 N–H and O–H groups in total. The molecule has 6 nitrogen and oxygen atoms in total. The van der Waals surface area contributed by atoms with Crippen LogP contribution in [0.4, 0.5) is 5.69 Å². The SMILES string of the molecule is CCOc1cc(-c2cccs2)cc(C(Nc2ccc(C(=N)N)cc2)C(=O)O)c1.Cl. The van der Waals surface area contributed by atoms with Crippen LogP contribution in [0.5, 0.6) is 5.75 Å². The third kappa shape index (κ3) is 5.49. The van der Waals surface area contributed by atoms with Gasteiger partial charge in [-0.05, 0) is 72.0 Å². The standard InChI is InChI=1S/C21H21N3O3S.ClH/c1-2-27-17-11-14(18-4-3-9-28-18)10-15(12-17)19(21(25)26)24-16-7-5-13(6-8-16)20(22)23;/h3-12,19,24H,2H2,1H3,(H3,22,23)(H,25,26);1H. The van der Waals surface area contributed by atoms with Gasteiger partial charge in [0.25, 0.3) is 0 Å². The topological polar surface area (TPSA) is 108 Å². The molecule has 3 rings (SSSR count). The number of ether oxygens (including phenoxy) is 1. The third-order valence-electron chi connectivity index (χ3n) is 4.13. The Labute approximate surface area is 179 Å². The molecule has 0 radical (unpaired) electrons. The highest BCUT2D eigenvalue weighted by molar-refractivity contribution is 7.13. The van der Waals surface area contributed by atoms with Gasteiger partial charge in [-0.2, -0.15) is 0 Å². The summed E-state index contributed by atoms with van der Waals surface area (Å²) < 4.78 is 5.65. The molecule has 2 aromatic carbocycles. The summed E-state index contributed by atoms with van der Waals surface area (Å²) in [4.78, 5) is 13.0. The van der Waals surface area contributed by atoms with Crippen molar-refractivity contribution in [2.45, 2.75) is 13.0 Å². The van der Waals surface area contributed by atoms with Crippen molar-refractivity contribution in [2.75, 3.05) is 11.9 Å². The number of nitrogen functional groups attached to an aromatic ring is 1. The second kappa shape index (κ2) is 9.95. The van der Waals surface area contributed by atoms with Crippen molar-refractivity contribution in [3.63, 3.8) is 0 Å². The van der Waals surface area contributed by atoms with Crippen LogP contribution in [0.3, 0.4) is 0 Å². The lowest BCUT2D eigenvalue weighted by molar-refractivity contribution is -0.138. The van der Waals surface area contributed by atoms with E-state index < -0.39 is 12.0 Å². The highest BCUT2D eigenvalue weighted by Crippen LogP contribution is 2.33. The number of hydrogen-bond acceptors (Lipinski definition) is 5. The van der Waals surface area contributed by atoms with Gasteiger partial charge in [0, 0.05) is 16.1 Å². The van der Waals surface area contributed by atoms with Crippen molar-refractivity contribution in [1.82, 2.24) is 0 Å². The number of carboxylic acids is 1. The molecule has 0 aliphatic carbocycles. The van der Waals surface area contributed by atoms with E-state index in [1.54, 1.807) is 41.7 Å². The number of carboxylic acid groups (broad SMARTS) is 1. The van der Waals surface area contributed by atoms with Crippen LogP contribution in [0.15, 0.2) is 60.0 Å². The molecule has 3 aromatic rings. The fourth-order valence-electron chi connectivity index (χ4n) is 2.82. The first kappa shape index (κ1) is 22.3. The van der Waals surface area contributed by atoms with Gasteiger partial charge in [0.2, 0.25) is 0 Å². The number of hydrogen-bond donors (Lipinski definition) is 4. The summed E-state index contributed by atoms with van der Waals surface area (Å²) >= 11 is 1.58. The Morgan fingerprint density at radius 1 is 1.24 bits per heavy atom. The maximum atomic E-state index is 12.0. The largest absolute Gasteiger partial charge is 0.494 e. The zero-order valence-electron chi connectivity index (χ0n) is 15.7. The van der Waals surface area contributed by atoms with Gasteiger partial charge in [0.05, 0.1) is 6.61 Å². The monoisotopic (exact) mass is 431 g/mol. The lowest BCUT2D eigenvalue weighted by atomic mass is 10.0. The van der Waals surface area contributed by atoms with E-state index in [0.29, 0.717) is 29.2 Å². The van der Waals surface area contributed by atoms with Crippen LogP contribution in [0.25, 0.3) is 10.4 Å². The summed E-state index contributed by atoms with van der Waals surface area (Å²) in [6.45, 7) is 2.38. The minimum atomic E-state index is -0.999. The van der Waals surface area contributed by atoms with Crippen molar-refractivity contribution in [3.05, 3.63) is 71.1 Å². The molecule has 0 saturated carbocycles. The second-order valence-electron chi connectivity index (χ2n) is 6.11. The van der Waals surface area contributed by atoms with Crippen LogP contribution in [0, 0.1) is 5.41 Å². The van der Waals surface area contributed by atoms with Crippen LogP contribution in [-0.4, -0.2) is 23.5 Å². The molecule has 0 bridgehead atoms. The summed E-state index contributed by atoms with van der Waals surface area (Å²) in [5, 5.41) is 22.3. The van der Waals surface area contributed by atoms with E-state index >= 15 is 0 Å². The summed E-state index contributed by atoms with van der Waals surface area (Å²) in [7, 11) is 0.